The van der Waals surface area contributed by atoms with Crippen LogP contribution in [0.4, 0.5) is 0 Å². The number of hydrogen-bond acceptors (Lipinski definition) is 3. The summed E-state index contributed by atoms with van der Waals surface area (Å²) in [6.45, 7) is 22.5. The predicted molar refractivity (Wildman–Crippen MR) is 118 cm³/mol. The first-order valence-electron chi connectivity index (χ1n) is 11.0. The highest BCUT2D eigenvalue weighted by atomic mass is 16.1. The molecule has 1 unspecified atom stereocenters. The molecule has 0 aromatic heterocycles. The summed E-state index contributed by atoms with van der Waals surface area (Å²) in [7, 11) is 4.33. The van der Waals surface area contributed by atoms with Crippen LogP contribution >= 0.6 is 0 Å². The van der Waals surface area contributed by atoms with Gasteiger partial charge in [0, 0.05) is 22.5 Å². The Kier molecular flexibility index (Phi) is 7.43. The Bertz CT molecular complexity index is 500. The quantitative estimate of drug-likeness (QED) is 0.607. The van der Waals surface area contributed by atoms with Crippen LogP contribution < -0.4 is 0 Å². The Morgan fingerprint density at radius 3 is 1.52 bits per heavy atom. The lowest BCUT2D eigenvalue weighted by atomic mass is 9.72. The monoisotopic (exact) mass is 380 g/mol. The smallest absolute Gasteiger partial charge is 0.155 e. The van der Waals surface area contributed by atoms with Gasteiger partial charge in [0.1, 0.15) is 0 Å². The molecule has 2 saturated heterocycles. The maximum atomic E-state index is 12.1. The summed E-state index contributed by atoms with van der Waals surface area (Å²) in [5, 5.41) is 0. The van der Waals surface area contributed by atoms with Gasteiger partial charge < -0.3 is 0 Å². The van der Waals surface area contributed by atoms with E-state index in [1.165, 1.54) is 19.3 Å². The van der Waals surface area contributed by atoms with Gasteiger partial charge in [0.05, 0.1) is 5.54 Å². The Morgan fingerprint density at radius 2 is 1.15 bits per heavy atom. The molecule has 1 atom stereocenters. The predicted octanol–water partition coefficient (Wildman–Crippen LogP) is 5.77. The molecule has 27 heavy (non-hydrogen) atoms. The van der Waals surface area contributed by atoms with E-state index < -0.39 is 0 Å². The van der Waals surface area contributed by atoms with Crippen molar-refractivity contribution < 1.29 is 4.79 Å². The molecule has 0 saturated carbocycles. The van der Waals surface area contributed by atoms with Crippen LogP contribution in [0.15, 0.2) is 0 Å². The lowest BCUT2D eigenvalue weighted by Gasteiger charge is -2.53. The number of likely N-dealkylation sites (tertiary alicyclic amines) is 2. The lowest BCUT2D eigenvalue weighted by molar-refractivity contribution is -0.145. The van der Waals surface area contributed by atoms with Crippen molar-refractivity contribution in [2.45, 2.75) is 123 Å². The van der Waals surface area contributed by atoms with Crippen LogP contribution in [0.5, 0.6) is 0 Å². The molecule has 0 radical (unpaired) electrons. The fourth-order valence-electron chi connectivity index (χ4n) is 5.45. The van der Waals surface area contributed by atoms with Gasteiger partial charge in [-0.05, 0) is 101 Å². The van der Waals surface area contributed by atoms with E-state index >= 15 is 0 Å². The third kappa shape index (κ3) is 5.15. The van der Waals surface area contributed by atoms with Crippen molar-refractivity contribution in [3.63, 3.8) is 0 Å². The van der Waals surface area contributed by atoms with Crippen LogP contribution in [-0.2, 0) is 4.79 Å². The van der Waals surface area contributed by atoms with E-state index in [0.717, 1.165) is 18.8 Å². The summed E-state index contributed by atoms with van der Waals surface area (Å²) in [4.78, 5) is 16.9. The van der Waals surface area contributed by atoms with Gasteiger partial charge in [-0.1, -0.05) is 20.3 Å². The van der Waals surface area contributed by atoms with Crippen LogP contribution in [0.2, 0.25) is 0 Å². The Hall–Kier alpha value is -0.410. The zero-order valence-corrected chi connectivity index (χ0v) is 20.5. The van der Waals surface area contributed by atoms with Crippen molar-refractivity contribution in [3.05, 3.63) is 0 Å². The van der Waals surface area contributed by atoms with Crippen LogP contribution in [0, 0.1) is 11.8 Å². The molecule has 0 aromatic carbocycles. The van der Waals surface area contributed by atoms with Gasteiger partial charge in [-0.25, -0.2) is 0 Å². The molecular formula is C24H48N2O. The molecule has 2 rings (SSSR count). The molecule has 0 aliphatic carbocycles. The highest BCUT2D eigenvalue weighted by Gasteiger charge is 2.48. The normalized spacial score (nSPS) is 30.5. The summed E-state index contributed by atoms with van der Waals surface area (Å²) in [5.74, 6) is 1.57. The van der Waals surface area contributed by atoms with Crippen molar-refractivity contribution >= 4 is 5.78 Å². The van der Waals surface area contributed by atoms with Gasteiger partial charge in [0.15, 0.2) is 5.78 Å². The SMILES string of the molecule is CCC1CC(C)(C)N(C)C(C)(C)C1.CCC1CC(C)(C)N(C)C(C)(C)C1=O. The van der Waals surface area contributed by atoms with E-state index in [2.05, 4.69) is 79.3 Å². The van der Waals surface area contributed by atoms with Crippen LogP contribution in [0.3, 0.4) is 0 Å². The number of Topliss-reactive ketones (excluding diaryl/α,β-unsaturated/α-hetero) is 1. The number of hydrogen-bond donors (Lipinski definition) is 0. The average Bonchev–Trinajstić information content (AvgIpc) is 2.55. The summed E-state index contributed by atoms with van der Waals surface area (Å²) in [5.41, 5.74) is 0.589. The third-order valence-corrected chi connectivity index (χ3v) is 7.93. The largest absolute Gasteiger partial charge is 0.297 e. The number of nitrogens with zero attached hydrogens (tertiary/aromatic N) is 2. The Labute approximate surface area is 170 Å². The summed E-state index contributed by atoms with van der Waals surface area (Å²) in [6.07, 6.45) is 6.00. The zero-order chi connectivity index (χ0) is 21.4. The minimum atomic E-state index is -0.303. The van der Waals surface area contributed by atoms with Crippen molar-refractivity contribution in [3.8, 4) is 0 Å². The second-order valence-electron chi connectivity index (χ2n) is 11.5. The highest BCUT2D eigenvalue weighted by Crippen LogP contribution is 2.41. The van der Waals surface area contributed by atoms with Crippen molar-refractivity contribution in [1.82, 2.24) is 9.80 Å². The summed E-state index contributed by atoms with van der Waals surface area (Å²) < 4.78 is 0. The summed E-state index contributed by atoms with van der Waals surface area (Å²) in [6, 6.07) is 0. The molecule has 2 aliphatic rings. The third-order valence-electron chi connectivity index (χ3n) is 7.93. The number of piperidine rings is 2. The van der Waals surface area contributed by atoms with E-state index in [-0.39, 0.29) is 17.0 Å². The van der Waals surface area contributed by atoms with Crippen LogP contribution in [0.1, 0.15) is 101 Å². The van der Waals surface area contributed by atoms with Crippen LogP contribution in [0.25, 0.3) is 0 Å². The molecule has 0 aromatic rings. The molecule has 2 aliphatic heterocycles. The molecule has 3 heteroatoms. The van der Waals surface area contributed by atoms with Gasteiger partial charge in [0.25, 0.3) is 0 Å². The van der Waals surface area contributed by atoms with Crippen LogP contribution in [-0.4, -0.2) is 51.8 Å². The molecule has 160 valence electrons. The number of rotatable bonds is 2. The topological polar surface area (TPSA) is 23.6 Å². The Morgan fingerprint density at radius 1 is 0.741 bits per heavy atom. The number of ketones is 1. The van der Waals surface area contributed by atoms with Crippen molar-refractivity contribution in [2.75, 3.05) is 14.1 Å². The van der Waals surface area contributed by atoms with Gasteiger partial charge in [0.2, 0.25) is 0 Å². The molecule has 3 nitrogen and oxygen atoms in total. The molecule has 0 N–H and O–H groups in total. The van der Waals surface area contributed by atoms with Gasteiger partial charge in [-0.15, -0.1) is 0 Å². The Balaban J connectivity index is 0.000000271. The van der Waals surface area contributed by atoms with E-state index in [4.69, 9.17) is 0 Å². The fourth-order valence-corrected chi connectivity index (χ4v) is 5.45. The number of likely N-dealkylation sites (N-methyl/N-ethyl adjacent to an activating group) is 1. The first kappa shape index (κ1) is 24.6. The van der Waals surface area contributed by atoms with E-state index in [1.54, 1.807) is 0 Å². The van der Waals surface area contributed by atoms with Crippen molar-refractivity contribution in [1.29, 1.82) is 0 Å². The molecule has 2 heterocycles. The molecular weight excluding hydrogens is 332 g/mol. The van der Waals surface area contributed by atoms with Gasteiger partial charge in [-0.3, -0.25) is 14.6 Å². The molecule has 0 spiro atoms. The first-order valence-corrected chi connectivity index (χ1v) is 11.0. The van der Waals surface area contributed by atoms with Gasteiger partial charge >= 0.3 is 0 Å². The highest BCUT2D eigenvalue weighted by molar-refractivity contribution is 5.90. The second kappa shape index (κ2) is 8.14. The first-order chi connectivity index (χ1) is 12.0. The lowest BCUT2D eigenvalue weighted by Crippen LogP contribution is -2.63. The second-order valence-corrected chi connectivity index (χ2v) is 11.5. The van der Waals surface area contributed by atoms with Crippen molar-refractivity contribution in [2.24, 2.45) is 11.8 Å². The zero-order valence-electron chi connectivity index (χ0n) is 20.5. The van der Waals surface area contributed by atoms with E-state index in [1.807, 2.05) is 13.8 Å². The molecule has 0 amide bonds. The maximum Gasteiger partial charge on any atom is 0.155 e. The minimum Gasteiger partial charge on any atom is -0.297 e. The number of carbonyl (C=O) groups is 1. The number of carbonyl (C=O) groups excluding carboxylic acids is 1. The minimum absolute atomic E-state index is 0.137. The molecule has 0 bridgehead atoms. The van der Waals surface area contributed by atoms with E-state index in [9.17, 15) is 4.79 Å². The maximum absolute atomic E-state index is 12.1. The fraction of sp³-hybridized carbons (Fsp3) is 0.958. The standard InChI is InChI=1S/C12H23NO.C12H25N/c1-7-9-8-11(2,3)13(6)12(4,5)10(9)14;1-7-10-8-11(2,3)13(6)12(4,5)9-10/h9H,7-8H2,1-6H3;10H,7-9H2,1-6H3. The molecule has 2 fully saturated rings. The van der Waals surface area contributed by atoms with Gasteiger partial charge in [-0.2, -0.15) is 0 Å². The van der Waals surface area contributed by atoms with E-state index in [0.29, 0.717) is 16.9 Å². The summed E-state index contributed by atoms with van der Waals surface area (Å²) >= 11 is 0. The average molecular weight is 381 g/mol.